The number of aliphatic carboxylic acids is 2. The minimum absolute atomic E-state index is 0.128. The summed E-state index contributed by atoms with van der Waals surface area (Å²) in [5, 5.41) is 21.0. The summed E-state index contributed by atoms with van der Waals surface area (Å²) in [5.41, 5.74) is 0.801. The molecule has 0 aromatic heterocycles. The molecule has 7 heteroatoms. The Morgan fingerprint density at radius 1 is 0.913 bits per heavy atom. The van der Waals surface area contributed by atoms with E-state index >= 15 is 0 Å². The molecule has 0 heterocycles. The Bertz CT molecular complexity index is 703. The second-order valence-corrected chi connectivity index (χ2v) is 4.50. The summed E-state index contributed by atoms with van der Waals surface area (Å²) in [7, 11) is 0. The fraction of sp³-hybridized carbons (Fsp3) is 0.125. The Labute approximate surface area is 132 Å². The monoisotopic (exact) mass is 315 g/mol. The molecule has 0 N–H and O–H groups in total. The minimum atomic E-state index is -1.44. The van der Waals surface area contributed by atoms with Crippen LogP contribution in [0.3, 0.4) is 0 Å². The second kappa shape index (κ2) is 7.69. The maximum Gasteiger partial charge on any atom is 0.230 e. The lowest BCUT2D eigenvalue weighted by atomic mass is 10.1. The van der Waals surface area contributed by atoms with Gasteiger partial charge in [0.1, 0.15) is 0 Å². The van der Waals surface area contributed by atoms with Gasteiger partial charge in [-0.05, 0) is 29.3 Å². The zero-order valence-electron chi connectivity index (χ0n) is 12.4. The number of carboxylic acid groups (broad SMARTS) is 2. The Morgan fingerprint density at radius 3 is 1.91 bits per heavy atom. The number of hydrogen-bond acceptors (Lipinski definition) is 6. The standard InChI is InChI=1S/C16H15NO6/c1-10(18)17(11(2)19)14-9-12(4-7-15(20)21)3-5-13(14)6-8-16(22)23/h3-9H,1-2H3,(H,20,21)(H,22,23)/p-2/b7-4+,8-6+. The molecule has 2 amide bonds. The molecule has 0 saturated heterocycles. The van der Waals surface area contributed by atoms with Gasteiger partial charge in [-0.2, -0.15) is 0 Å². The van der Waals surface area contributed by atoms with E-state index in [0.29, 0.717) is 5.56 Å². The topological polar surface area (TPSA) is 118 Å². The fourth-order valence-corrected chi connectivity index (χ4v) is 1.88. The smallest absolute Gasteiger partial charge is 0.230 e. The van der Waals surface area contributed by atoms with Crippen molar-refractivity contribution in [2.24, 2.45) is 0 Å². The van der Waals surface area contributed by atoms with E-state index in [0.717, 1.165) is 17.1 Å². The number of carbonyl (C=O) groups excluding carboxylic acids is 4. The largest absolute Gasteiger partial charge is 0.545 e. The van der Waals surface area contributed by atoms with Crippen LogP contribution in [-0.4, -0.2) is 23.8 Å². The number of anilines is 1. The van der Waals surface area contributed by atoms with Crippen LogP contribution < -0.4 is 15.1 Å². The van der Waals surface area contributed by atoms with E-state index in [-0.39, 0.29) is 11.3 Å². The van der Waals surface area contributed by atoms with Gasteiger partial charge in [0.15, 0.2) is 0 Å². The lowest BCUT2D eigenvalue weighted by Gasteiger charge is -2.20. The molecular formula is C16H13NO6-2. The molecule has 23 heavy (non-hydrogen) atoms. The molecule has 0 atom stereocenters. The van der Waals surface area contributed by atoms with Gasteiger partial charge in [0, 0.05) is 13.8 Å². The van der Waals surface area contributed by atoms with Crippen LogP contribution in [0, 0.1) is 0 Å². The van der Waals surface area contributed by atoms with Crippen LogP contribution in [0.5, 0.6) is 0 Å². The summed E-state index contributed by atoms with van der Waals surface area (Å²) in [5.74, 6) is -3.97. The van der Waals surface area contributed by atoms with E-state index in [2.05, 4.69) is 0 Å². The summed E-state index contributed by atoms with van der Waals surface area (Å²) >= 11 is 0. The third-order valence-corrected chi connectivity index (χ3v) is 2.74. The predicted octanol–water partition coefficient (Wildman–Crippen LogP) is -0.888. The molecule has 0 radical (unpaired) electrons. The first-order valence-corrected chi connectivity index (χ1v) is 6.45. The lowest BCUT2D eigenvalue weighted by Crippen LogP contribution is -2.33. The molecule has 0 fully saturated rings. The van der Waals surface area contributed by atoms with Crippen molar-refractivity contribution in [2.75, 3.05) is 4.90 Å². The Hall–Kier alpha value is -3.22. The summed E-state index contributed by atoms with van der Waals surface area (Å²) in [6.45, 7) is 2.36. The first kappa shape index (κ1) is 17.8. The van der Waals surface area contributed by atoms with Crippen LogP contribution in [0.15, 0.2) is 30.4 Å². The molecule has 0 bridgehead atoms. The van der Waals surface area contributed by atoms with Gasteiger partial charge in [-0.15, -0.1) is 0 Å². The maximum absolute atomic E-state index is 11.7. The first-order valence-electron chi connectivity index (χ1n) is 6.45. The van der Waals surface area contributed by atoms with Crippen molar-refractivity contribution in [1.29, 1.82) is 0 Å². The Morgan fingerprint density at radius 2 is 1.43 bits per heavy atom. The van der Waals surface area contributed by atoms with Crippen molar-refractivity contribution in [1.82, 2.24) is 0 Å². The number of carboxylic acids is 2. The number of nitrogens with zero attached hydrogens (tertiary/aromatic N) is 1. The third kappa shape index (κ3) is 5.24. The summed E-state index contributed by atoms with van der Waals surface area (Å²) in [6.07, 6.45) is 3.95. The van der Waals surface area contributed by atoms with Crippen LogP contribution >= 0.6 is 0 Å². The van der Waals surface area contributed by atoms with Crippen LogP contribution in [0.25, 0.3) is 12.2 Å². The fourth-order valence-electron chi connectivity index (χ4n) is 1.88. The minimum Gasteiger partial charge on any atom is -0.545 e. The molecule has 0 unspecified atom stereocenters. The molecule has 120 valence electrons. The average molecular weight is 315 g/mol. The number of imide groups is 1. The average Bonchev–Trinajstić information content (AvgIpc) is 2.43. The van der Waals surface area contributed by atoms with E-state index in [9.17, 15) is 29.4 Å². The highest BCUT2D eigenvalue weighted by Crippen LogP contribution is 2.25. The molecule has 1 aromatic rings. The van der Waals surface area contributed by atoms with Crippen LogP contribution in [0.2, 0.25) is 0 Å². The van der Waals surface area contributed by atoms with Crippen molar-refractivity contribution in [3.8, 4) is 0 Å². The molecule has 1 rings (SSSR count). The number of hydrogen-bond donors (Lipinski definition) is 0. The normalized spacial score (nSPS) is 10.9. The van der Waals surface area contributed by atoms with E-state index in [1.807, 2.05) is 0 Å². The van der Waals surface area contributed by atoms with Gasteiger partial charge in [-0.3, -0.25) is 14.5 Å². The zero-order valence-corrected chi connectivity index (χ0v) is 12.4. The predicted molar refractivity (Wildman–Crippen MR) is 78.4 cm³/mol. The molecule has 7 nitrogen and oxygen atoms in total. The van der Waals surface area contributed by atoms with Crippen molar-refractivity contribution in [3.05, 3.63) is 41.5 Å². The number of carbonyl (C=O) groups is 4. The van der Waals surface area contributed by atoms with Crippen molar-refractivity contribution in [3.63, 3.8) is 0 Å². The van der Waals surface area contributed by atoms with Gasteiger partial charge in [0.25, 0.3) is 0 Å². The van der Waals surface area contributed by atoms with Gasteiger partial charge in [0.2, 0.25) is 11.8 Å². The summed E-state index contributed by atoms with van der Waals surface area (Å²) < 4.78 is 0. The molecule has 0 aliphatic carbocycles. The SMILES string of the molecule is CC(=O)N(C(C)=O)c1cc(/C=C/C(=O)[O-])ccc1/C=C/C(=O)[O-]. The van der Waals surface area contributed by atoms with E-state index in [1.54, 1.807) is 0 Å². The number of benzene rings is 1. The maximum atomic E-state index is 11.7. The van der Waals surface area contributed by atoms with Crippen LogP contribution in [0.4, 0.5) is 5.69 Å². The van der Waals surface area contributed by atoms with E-state index in [1.165, 1.54) is 44.2 Å². The molecular weight excluding hydrogens is 302 g/mol. The van der Waals surface area contributed by atoms with Crippen molar-refractivity contribution >= 4 is 41.6 Å². The third-order valence-electron chi connectivity index (χ3n) is 2.74. The quantitative estimate of drug-likeness (QED) is 0.651. The lowest BCUT2D eigenvalue weighted by molar-refractivity contribution is -0.298. The Kier molecular flexibility index (Phi) is 5.96. The van der Waals surface area contributed by atoms with Gasteiger partial charge >= 0.3 is 0 Å². The highest BCUT2D eigenvalue weighted by Gasteiger charge is 2.19. The summed E-state index contributed by atoms with van der Waals surface area (Å²) in [6, 6.07) is 4.33. The first-order chi connectivity index (χ1) is 10.7. The van der Waals surface area contributed by atoms with Gasteiger partial charge in [-0.1, -0.05) is 24.3 Å². The van der Waals surface area contributed by atoms with Crippen LogP contribution in [0.1, 0.15) is 25.0 Å². The molecule has 0 saturated carbocycles. The van der Waals surface area contributed by atoms with Crippen molar-refractivity contribution in [2.45, 2.75) is 13.8 Å². The Balaban J connectivity index is 3.47. The zero-order chi connectivity index (χ0) is 17.6. The number of rotatable bonds is 5. The van der Waals surface area contributed by atoms with Crippen molar-refractivity contribution < 1.29 is 29.4 Å². The highest BCUT2D eigenvalue weighted by molar-refractivity contribution is 6.14. The van der Waals surface area contributed by atoms with Gasteiger partial charge in [-0.25, -0.2) is 0 Å². The molecule has 1 aromatic carbocycles. The summed E-state index contributed by atoms with van der Waals surface area (Å²) in [4.78, 5) is 45.2. The van der Waals surface area contributed by atoms with Gasteiger partial charge in [0.05, 0.1) is 17.6 Å². The highest BCUT2D eigenvalue weighted by atomic mass is 16.4. The molecule has 0 spiro atoms. The van der Waals surface area contributed by atoms with E-state index in [4.69, 9.17) is 0 Å². The second-order valence-electron chi connectivity index (χ2n) is 4.50. The number of amides is 2. The molecule has 0 aliphatic heterocycles. The van der Waals surface area contributed by atoms with Crippen LogP contribution in [-0.2, 0) is 19.2 Å². The van der Waals surface area contributed by atoms with Gasteiger partial charge < -0.3 is 19.8 Å². The molecule has 0 aliphatic rings. The van der Waals surface area contributed by atoms with E-state index < -0.39 is 23.8 Å².